The first-order chi connectivity index (χ1) is 8.22. The Morgan fingerprint density at radius 3 is 2.88 bits per heavy atom. The summed E-state index contributed by atoms with van der Waals surface area (Å²) < 4.78 is 4.85. The van der Waals surface area contributed by atoms with Gasteiger partial charge in [0.25, 0.3) is 0 Å². The molecule has 1 heterocycles. The zero-order valence-corrected chi connectivity index (χ0v) is 9.94. The summed E-state index contributed by atoms with van der Waals surface area (Å²) in [5.74, 6) is 0.605. The lowest BCUT2D eigenvalue weighted by atomic mass is 10.2. The summed E-state index contributed by atoms with van der Waals surface area (Å²) in [5, 5.41) is 3.16. The number of rotatable bonds is 7. The van der Waals surface area contributed by atoms with Gasteiger partial charge in [-0.05, 0) is 38.3 Å². The molecule has 0 fully saturated rings. The lowest BCUT2D eigenvalue weighted by Crippen LogP contribution is -2.06. The van der Waals surface area contributed by atoms with Crippen molar-refractivity contribution in [3.8, 4) is 0 Å². The number of carbonyl (C=O) groups excluding carboxylic acids is 1. The lowest BCUT2D eigenvalue weighted by molar-refractivity contribution is -0.104. The number of unbranched alkanes of at least 4 members (excludes halogenated alkanes) is 2. The fourth-order valence-electron chi connectivity index (χ4n) is 1.48. The van der Waals surface area contributed by atoms with Crippen molar-refractivity contribution in [3.63, 3.8) is 0 Å². The van der Waals surface area contributed by atoms with Crippen LogP contribution in [0.3, 0.4) is 0 Å². The normalized spacial score (nSPS) is 10.6. The summed E-state index contributed by atoms with van der Waals surface area (Å²) in [6.07, 6.45) is 7.05. The van der Waals surface area contributed by atoms with Gasteiger partial charge in [0, 0.05) is 18.3 Å². The molecule has 17 heavy (non-hydrogen) atoms. The van der Waals surface area contributed by atoms with Crippen LogP contribution in [0.2, 0.25) is 0 Å². The maximum atomic E-state index is 11.1. The molecule has 1 aromatic heterocycles. The van der Waals surface area contributed by atoms with E-state index >= 15 is 0 Å². The van der Waals surface area contributed by atoms with Gasteiger partial charge in [0.2, 0.25) is 0 Å². The molecule has 0 radical (unpaired) electrons. The van der Waals surface area contributed by atoms with Gasteiger partial charge in [-0.15, -0.1) is 0 Å². The van der Waals surface area contributed by atoms with Gasteiger partial charge in [0.15, 0.2) is 0 Å². The molecule has 1 N–H and O–H groups in total. The Kier molecular flexibility index (Phi) is 5.79. The predicted molar refractivity (Wildman–Crippen MR) is 67.3 cm³/mol. The van der Waals surface area contributed by atoms with E-state index in [0.29, 0.717) is 5.76 Å². The lowest BCUT2D eigenvalue weighted by Gasteiger charge is -2.05. The molecule has 0 amide bonds. The van der Waals surface area contributed by atoms with Crippen LogP contribution >= 0.6 is 0 Å². The maximum Gasteiger partial charge on any atom is 0.337 e. The molecule has 0 aliphatic heterocycles. The number of aryl methyl sites for hydroxylation is 1. The summed E-state index contributed by atoms with van der Waals surface area (Å²) in [4.78, 5) is 21.1. The zero-order valence-electron chi connectivity index (χ0n) is 9.94. The molecule has 0 saturated carbocycles. The van der Waals surface area contributed by atoms with Crippen LogP contribution < -0.4 is 10.9 Å². The van der Waals surface area contributed by atoms with Crippen molar-refractivity contribution in [2.75, 3.05) is 11.9 Å². The molecule has 0 aromatic carbocycles. The number of hydrogen-bond donors (Lipinski definition) is 1. The number of carbonyl (C=O) groups is 1. The molecule has 92 valence electrons. The van der Waals surface area contributed by atoms with Crippen molar-refractivity contribution in [1.82, 2.24) is 0 Å². The number of anilines is 1. The van der Waals surface area contributed by atoms with E-state index in [1.165, 1.54) is 12.1 Å². The predicted octanol–water partition coefficient (Wildman–Crippen LogP) is 2.29. The van der Waals surface area contributed by atoms with Crippen molar-refractivity contribution >= 4 is 12.0 Å². The third kappa shape index (κ3) is 5.70. The zero-order chi connectivity index (χ0) is 12.5. The summed E-state index contributed by atoms with van der Waals surface area (Å²) in [5.41, 5.74) is 0.462. The number of allylic oxidation sites excluding steroid dienone is 2. The smallest absolute Gasteiger partial charge is 0.337 e. The van der Waals surface area contributed by atoms with Crippen LogP contribution in [0.1, 0.15) is 25.0 Å². The fraction of sp³-hybridized carbons (Fsp3) is 0.385. The first kappa shape index (κ1) is 13.2. The van der Waals surface area contributed by atoms with Crippen LogP contribution in [0.5, 0.6) is 0 Å². The van der Waals surface area contributed by atoms with Gasteiger partial charge in [-0.1, -0.05) is 6.08 Å². The van der Waals surface area contributed by atoms with Crippen LogP contribution in [-0.2, 0) is 4.79 Å². The standard InChI is InChI=1S/C13H17NO3/c1-11-9-12(10-13(16)17-11)14-7-5-3-2-4-6-8-15/h4,6,8-10,14H,2-3,5,7H2,1H3/b6-4+. The topological polar surface area (TPSA) is 59.3 Å². The van der Waals surface area contributed by atoms with Crippen LogP contribution in [0.25, 0.3) is 0 Å². The first-order valence-electron chi connectivity index (χ1n) is 5.68. The second-order valence-corrected chi connectivity index (χ2v) is 3.76. The molecule has 0 unspecified atom stereocenters. The van der Waals surface area contributed by atoms with Gasteiger partial charge in [-0.3, -0.25) is 4.79 Å². The molecule has 0 saturated heterocycles. The minimum atomic E-state index is -0.332. The number of hydrogen-bond acceptors (Lipinski definition) is 4. The quantitative estimate of drug-likeness (QED) is 0.447. The van der Waals surface area contributed by atoms with Gasteiger partial charge in [-0.2, -0.15) is 0 Å². The second kappa shape index (κ2) is 7.44. The van der Waals surface area contributed by atoms with E-state index in [1.54, 1.807) is 13.0 Å². The highest BCUT2D eigenvalue weighted by atomic mass is 16.4. The molecule has 0 bridgehead atoms. The van der Waals surface area contributed by atoms with Crippen LogP contribution in [-0.4, -0.2) is 12.8 Å². The molecular weight excluding hydrogens is 218 g/mol. The highest BCUT2D eigenvalue weighted by molar-refractivity contribution is 5.64. The molecular formula is C13H17NO3. The summed E-state index contributed by atoms with van der Waals surface area (Å²) in [6, 6.07) is 3.24. The van der Waals surface area contributed by atoms with Crippen molar-refractivity contribution in [2.45, 2.75) is 26.2 Å². The highest BCUT2D eigenvalue weighted by Gasteiger charge is 1.96. The highest BCUT2D eigenvalue weighted by Crippen LogP contribution is 2.06. The summed E-state index contributed by atoms with van der Waals surface area (Å²) in [7, 11) is 0. The maximum absolute atomic E-state index is 11.1. The molecule has 1 aromatic rings. The fourth-order valence-corrected chi connectivity index (χ4v) is 1.48. The Labute approximate surface area is 100 Å². The van der Waals surface area contributed by atoms with Gasteiger partial charge in [-0.25, -0.2) is 4.79 Å². The van der Waals surface area contributed by atoms with E-state index in [9.17, 15) is 9.59 Å². The number of aldehydes is 1. The molecule has 0 aliphatic rings. The number of nitrogens with one attached hydrogen (secondary N) is 1. The van der Waals surface area contributed by atoms with Gasteiger partial charge >= 0.3 is 5.63 Å². The van der Waals surface area contributed by atoms with Crippen molar-refractivity contribution in [1.29, 1.82) is 0 Å². The van der Waals surface area contributed by atoms with Crippen molar-refractivity contribution < 1.29 is 9.21 Å². The third-order valence-electron chi connectivity index (χ3n) is 2.24. The molecule has 0 aliphatic carbocycles. The minimum Gasteiger partial charge on any atom is -0.428 e. The van der Waals surface area contributed by atoms with E-state index in [1.807, 2.05) is 6.08 Å². The molecule has 0 spiro atoms. The summed E-state index contributed by atoms with van der Waals surface area (Å²) >= 11 is 0. The molecule has 4 nitrogen and oxygen atoms in total. The Bertz CT molecular complexity index is 435. The van der Waals surface area contributed by atoms with Gasteiger partial charge in [0.1, 0.15) is 12.0 Å². The average Bonchev–Trinajstić information content (AvgIpc) is 2.26. The largest absolute Gasteiger partial charge is 0.428 e. The molecule has 0 atom stereocenters. The van der Waals surface area contributed by atoms with Gasteiger partial charge < -0.3 is 9.73 Å². The minimum absolute atomic E-state index is 0.332. The van der Waals surface area contributed by atoms with Crippen molar-refractivity contribution in [3.05, 3.63) is 40.5 Å². The monoisotopic (exact) mass is 235 g/mol. The van der Waals surface area contributed by atoms with Crippen LogP contribution in [0, 0.1) is 6.92 Å². The third-order valence-corrected chi connectivity index (χ3v) is 2.24. The summed E-state index contributed by atoms with van der Waals surface area (Å²) in [6.45, 7) is 2.55. The Balaban J connectivity index is 2.24. The van der Waals surface area contributed by atoms with E-state index < -0.39 is 0 Å². The van der Waals surface area contributed by atoms with Gasteiger partial charge in [0.05, 0.1) is 0 Å². The molecule has 1 rings (SSSR count). The Morgan fingerprint density at radius 2 is 2.18 bits per heavy atom. The SMILES string of the molecule is Cc1cc(NCCCC/C=C/C=O)cc(=O)o1. The van der Waals surface area contributed by atoms with Crippen molar-refractivity contribution in [2.24, 2.45) is 0 Å². The Morgan fingerprint density at radius 1 is 1.35 bits per heavy atom. The average molecular weight is 235 g/mol. The second-order valence-electron chi connectivity index (χ2n) is 3.76. The van der Waals surface area contributed by atoms with E-state index in [0.717, 1.165) is 37.8 Å². The van der Waals surface area contributed by atoms with E-state index in [4.69, 9.17) is 4.42 Å². The van der Waals surface area contributed by atoms with Crippen LogP contribution in [0.15, 0.2) is 33.5 Å². The van der Waals surface area contributed by atoms with Crippen LogP contribution in [0.4, 0.5) is 5.69 Å². The molecule has 4 heteroatoms. The first-order valence-corrected chi connectivity index (χ1v) is 5.68. The Hall–Kier alpha value is -1.84. The van der Waals surface area contributed by atoms with E-state index in [2.05, 4.69) is 5.32 Å². The van der Waals surface area contributed by atoms with E-state index in [-0.39, 0.29) is 5.63 Å².